The van der Waals surface area contributed by atoms with Crippen molar-refractivity contribution in [2.24, 2.45) is 16.4 Å². The lowest BCUT2D eigenvalue weighted by molar-refractivity contribution is -0.155. The van der Waals surface area contributed by atoms with Crippen molar-refractivity contribution in [3.63, 3.8) is 0 Å². The summed E-state index contributed by atoms with van der Waals surface area (Å²) in [6.45, 7) is 3.29. The van der Waals surface area contributed by atoms with Gasteiger partial charge in [0, 0.05) is 36.8 Å². The third kappa shape index (κ3) is 7.74. The van der Waals surface area contributed by atoms with E-state index >= 15 is 0 Å². The molecule has 2 aromatic carbocycles. The van der Waals surface area contributed by atoms with Gasteiger partial charge in [-0.2, -0.15) is 18.3 Å². The van der Waals surface area contributed by atoms with Crippen LogP contribution in [-0.4, -0.2) is 61.8 Å². The van der Waals surface area contributed by atoms with E-state index in [4.69, 9.17) is 4.74 Å². The Morgan fingerprint density at radius 1 is 1.07 bits per heavy atom. The zero-order valence-electron chi connectivity index (χ0n) is 22.2. The van der Waals surface area contributed by atoms with Crippen molar-refractivity contribution >= 4 is 22.1 Å². The minimum absolute atomic E-state index is 0.0940. The Kier molecular flexibility index (Phi) is 8.99. The van der Waals surface area contributed by atoms with Crippen LogP contribution in [0.2, 0.25) is 0 Å². The monoisotopic (exact) mass is 610 g/mol. The summed E-state index contributed by atoms with van der Waals surface area (Å²) in [5, 5.41) is 12.2. The Labute approximate surface area is 237 Å². The third-order valence-electron chi connectivity index (χ3n) is 5.88. The molecule has 1 aromatic heterocycles. The maximum absolute atomic E-state index is 13.4. The second-order valence-corrected chi connectivity index (χ2v) is 10.9. The molecule has 13 nitrogen and oxygen atoms in total. The van der Waals surface area contributed by atoms with Crippen LogP contribution >= 0.6 is 0 Å². The van der Waals surface area contributed by atoms with Gasteiger partial charge in [0.2, 0.25) is 0 Å². The van der Waals surface area contributed by atoms with Crippen LogP contribution < -0.4 is 4.72 Å². The van der Waals surface area contributed by atoms with Crippen LogP contribution in [0.25, 0.3) is 16.9 Å². The van der Waals surface area contributed by atoms with Crippen molar-refractivity contribution in [2.75, 3.05) is 26.5 Å². The number of aryl methyl sites for hydroxylation is 1. The summed E-state index contributed by atoms with van der Waals surface area (Å²) >= 11 is 0. The molecule has 0 unspecified atom stereocenters. The minimum atomic E-state index is -4.69. The molecule has 224 valence electrons. The molecular formula is C25H25F3N6O7S. The lowest BCUT2D eigenvalue weighted by atomic mass is 10.0. The molecule has 1 amide bonds. The predicted octanol–water partition coefficient (Wildman–Crippen LogP) is 4.03. The summed E-state index contributed by atoms with van der Waals surface area (Å²) in [4.78, 5) is 27.0. The number of rotatable bonds is 10. The van der Waals surface area contributed by atoms with Gasteiger partial charge >= 0.3 is 18.2 Å². The molecule has 4 rings (SSSR count). The van der Waals surface area contributed by atoms with Crippen molar-refractivity contribution in [3.05, 3.63) is 65.9 Å². The summed E-state index contributed by atoms with van der Waals surface area (Å²) < 4.78 is 78.0. The highest BCUT2D eigenvalue weighted by Gasteiger charge is 2.35. The maximum atomic E-state index is 13.4. The summed E-state index contributed by atoms with van der Waals surface area (Å²) in [6.07, 6.45) is -5.89. The van der Waals surface area contributed by atoms with Crippen molar-refractivity contribution in [2.45, 2.75) is 24.9 Å². The Hall–Kier alpha value is -4.67. The van der Waals surface area contributed by atoms with E-state index in [0.717, 1.165) is 28.4 Å². The Morgan fingerprint density at radius 3 is 2.36 bits per heavy atom. The molecular weight excluding hydrogens is 585 g/mol. The predicted molar refractivity (Wildman–Crippen MR) is 138 cm³/mol. The van der Waals surface area contributed by atoms with Gasteiger partial charge in [-0.15, -0.1) is 0 Å². The van der Waals surface area contributed by atoms with Crippen LogP contribution in [0.5, 0.6) is 0 Å². The van der Waals surface area contributed by atoms with Gasteiger partial charge in [-0.1, -0.05) is 29.8 Å². The zero-order valence-corrected chi connectivity index (χ0v) is 23.1. The van der Waals surface area contributed by atoms with Crippen molar-refractivity contribution in [1.82, 2.24) is 19.5 Å². The molecule has 0 spiro atoms. The van der Waals surface area contributed by atoms with Gasteiger partial charge in [0.05, 0.1) is 22.9 Å². The van der Waals surface area contributed by atoms with E-state index in [-0.39, 0.29) is 35.6 Å². The second-order valence-electron chi connectivity index (χ2n) is 9.18. The zero-order chi connectivity index (χ0) is 30.5. The Bertz CT molecular complexity index is 1550. The highest BCUT2D eigenvalue weighted by Crippen LogP contribution is 2.33. The summed E-state index contributed by atoms with van der Waals surface area (Å²) in [7, 11) is -4.35. The van der Waals surface area contributed by atoms with E-state index in [1.54, 1.807) is 29.0 Å². The molecule has 1 fully saturated rings. The van der Waals surface area contributed by atoms with E-state index in [9.17, 15) is 31.2 Å². The second kappa shape index (κ2) is 12.5. The number of amides is 1. The molecule has 42 heavy (non-hydrogen) atoms. The molecule has 0 aliphatic carbocycles. The van der Waals surface area contributed by atoms with Gasteiger partial charge in [0.15, 0.2) is 5.69 Å². The first kappa shape index (κ1) is 30.3. The smallest absolute Gasteiger partial charge is 0.435 e. The van der Waals surface area contributed by atoms with E-state index in [1.165, 1.54) is 24.1 Å². The molecule has 0 atom stereocenters. The van der Waals surface area contributed by atoms with Crippen LogP contribution in [0.4, 0.5) is 18.0 Å². The van der Waals surface area contributed by atoms with Crippen molar-refractivity contribution in [1.29, 1.82) is 0 Å². The largest absolute Gasteiger partial charge is 0.448 e. The first-order valence-corrected chi connectivity index (χ1v) is 13.8. The maximum Gasteiger partial charge on any atom is 0.435 e. The van der Waals surface area contributed by atoms with Crippen molar-refractivity contribution < 1.29 is 45.5 Å². The molecule has 0 radical (unpaired) electrons. The molecule has 2 heterocycles. The Balaban J connectivity index is 1.35. The number of nitrogens with one attached hydrogen (secondary N) is 1. The van der Waals surface area contributed by atoms with Crippen molar-refractivity contribution in [3.8, 4) is 16.9 Å². The molecule has 0 bridgehead atoms. The van der Waals surface area contributed by atoms with E-state index < -0.39 is 34.0 Å². The number of ether oxygens (including phenoxy) is 2. The van der Waals surface area contributed by atoms with Crippen LogP contribution in [0.1, 0.15) is 18.2 Å². The fraction of sp³-hybridized carbons (Fsp3) is 0.320. The average molecular weight is 611 g/mol. The number of nitrogens with zero attached hydrogens (tertiary/aromatic N) is 5. The summed E-state index contributed by atoms with van der Waals surface area (Å²) in [6, 6.07) is 12.5. The van der Waals surface area contributed by atoms with E-state index in [2.05, 4.69) is 25.2 Å². The first-order chi connectivity index (χ1) is 19.8. The molecule has 1 aliphatic rings. The van der Waals surface area contributed by atoms with Gasteiger partial charge in [0.25, 0.3) is 16.8 Å². The summed E-state index contributed by atoms with van der Waals surface area (Å²) in [5.74, 6) is -0.670. The van der Waals surface area contributed by atoms with Gasteiger partial charge in [0.1, 0.15) is 0 Å². The molecule has 1 aliphatic heterocycles. The lowest BCUT2D eigenvalue weighted by Gasteiger charge is -2.34. The van der Waals surface area contributed by atoms with Gasteiger partial charge < -0.3 is 14.3 Å². The number of esters is 1. The Morgan fingerprint density at radius 2 is 1.74 bits per heavy atom. The fourth-order valence-electron chi connectivity index (χ4n) is 3.74. The topological polar surface area (TPSA) is 154 Å². The standard InChI is InChI=1S/C25H25F3N6O7S/c1-16-3-5-19(6-4-16)22-11-23(25(26,27)28)29-34(22)20-7-9-21(10-8-20)42(37,38)30-24(36)39-14-18-12-33(13-18)31-32-41-15-40-17(2)35/h3-11,18H,12-15H2,1-2H3,(H,30,36). The first-order valence-electron chi connectivity index (χ1n) is 12.3. The number of alkyl halides is 3. The molecule has 1 N–H and O–H groups in total. The van der Waals surface area contributed by atoms with Gasteiger partial charge in [-0.25, -0.2) is 22.6 Å². The minimum Gasteiger partial charge on any atom is -0.448 e. The van der Waals surface area contributed by atoms with Crippen LogP contribution in [0.15, 0.2) is 70.0 Å². The van der Waals surface area contributed by atoms with Gasteiger partial charge in [-0.3, -0.25) is 9.80 Å². The fourth-order valence-corrected chi connectivity index (χ4v) is 4.63. The van der Waals surface area contributed by atoms with E-state index in [0.29, 0.717) is 18.7 Å². The number of hydrogen-bond acceptors (Lipinski definition) is 10. The van der Waals surface area contributed by atoms with Crippen LogP contribution in [-0.2, 0) is 35.3 Å². The normalized spacial score (nSPS) is 14.0. The highest BCUT2D eigenvalue weighted by atomic mass is 32.2. The number of carbonyl (C=O) groups is 2. The van der Waals surface area contributed by atoms with Crippen LogP contribution in [0.3, 0.4) is 0 Å². The number of halogens is 3. The highest BCUT2D eigenvalue weighted by molar-refractivity contribution is 7.90. The number of hydrogen-bond donors (Lipinski definition) is 1. The number of aromatic nitrogens is 2. The lowest BCUT2D eigenvalue weighted by Crippen LogP contribution is -2.46. The third-order valence-corrected chi connectivity index (χ3v) is 7.21. The molecule has 0 saturated carbocycles. The molecule has 1 saturated heterocycles. The quantitative estimate of drug-likeness (QED) is 0.118. The molecule has 17 heteroatoms. The number of sulfonamides is 1. The molecule has 3 aromatic rings. The number of carbonyl (C=O) groups excluding carboxylic acids is 2. The number of benzene rings is 2. The van der Waals surface area contributed by atoms with Gasteiger partial charge in [-0.05, 0) is 42.5 Å². The average Bonchev–Trinajstić information content (AvgIpc) is 3.35. The SMILES string of the molecule is CC(=O)OCON=NN1CC(COC(=O)NS(=O)(=O)c2ccc(-n3nc(C(F)(F)F)cc3-c3ccc(C)cc3)cc2)C1. The van der Waals surface area contributed by atoms with E-state index in [1.807, 2.05) is 6.92 Å². The summed E-state index contributed by atoms with van der Waals surface area (Å²) in [5.41, 5.74) is 0.623. The van der Waals surface area contributed by atoms with Crippen LogP contribution in [0, 0.1) is 12.8 Å².